The van der Waals surface area contributed by atoms with Crippen molar-refractivity contribution >= 4 is 17.1 Å². The molecule has 0 N–H and O–H groups in total. The molecule has 0 unspecified atom stereocenters. The third-order valence-electron chi connectivity index (χ3n) is 5.57. The van der Waals surface area contributed by atoms with Gasteiger partial charge in [0.15, 0.2) is 0 Å². The van der Waals surface area contributed by atoms with Gasteiger partial charge in [-0.1, -0.05) is 61.9 Å². The average Bonchev–Trinajstić information content (AvgIpc) is 3.38. The summed E-state index contributed by atoms with van der Waals surface area (Å²) >= 11 is 0. The van der Waals surface area contributed by atoms with Gasteiger partial charge in [0.05, 0.1) is 0 Å². The number of aryl methyl sites for hydroxylation is 1. The van der Waals surface area contributed by atoms with Crippen LogP contribution >= 0.6 is 0 Å². The smallest absolute Gasteiger partial charge is 0.248 e. The fourth-order valence-electron chi connectivity index (χ4n) is 3.91. The van der Waals surface area contributed by atoms with Crippen molar-refractivity contribution in [3.8, 4) is 22.9 Å². The van der Waals surface area contributed by atoms with Crippen LogP contribution in [0.3, 0.4) is 0 Å². The SMILES string of the molecule is CCCc1ccc(N(c2ccccc2)c2ccc(-c3nnc(-c4ccccc4)o3)cc2)cc1. The van der Waals surface area contributed by atoms with E-state index in [4.69, 9.17) is 4.42 Å². The second-order valence-corrected chi connectivity index (χ2v) is 7.91. The topological polar surface area (TPSA) is 42.2 Å². The van der Waals surface area contributed by atoms with Crippen molar-refractivity contribution in [3.05, 3.63) is 115 Å². The lowest BCUT2D eigenvalue weighted by molar-refractivity contribution is 0.584. The van der Waals surface area contributed by atoms with Crippen molar-refractivity contribution in [1.82, 2.24) is 10.2 Å². The molecule has 0 spiro atoms. The lowest BCUT2D eigenvalue weighted by atomic mass is 10.1. The highest BCUT2D eigenvalue weighted by Crippen LogP contribution is 2.35. The summed E-state index contributed by atoms with van der Waals surface area (Å²) in [7, 11) is 0. The lowest BCUT2D eigenvalue weighted by Gasteiger charge is -2.25. The molecular weight excluding hydrogens is 406 g/mol. The second-order valence-electron chi connectivity index (χ2n) is 7.91. The van der Waals surface area contributed by atoms with E-state index < -0.39 is 0 Å². The Hall–Kier alpha value is -4.18. The summed E-state index contributed by atoms with van der Waals surface area (Å²) in [6, 6.07) is 37.3. The van der Waals surface area contributed by atoms with E-state index in [0.717, 1.165) is 41.0 Å². The van der Waals surface area contributed by atoms with Crippen LogP contribution in [-0.4, -0.2) is 10.2 Å². The molecule has 0 aliphatic heterocycles. The van der Waals surface area contributed by atoms with E-state index in [-0.39, 0.29) is 0 Å². The van der Waals surface area contributed by atoms with Crippen LogP contribution in [0.5, 0.6) is 0 Å². The maximum atomic E-state index is 5.93. The normalized spacial score (nSPS) is 10.8. The van der Waals surface area contributed by atoms with E-state index in [2.05, 4.69) is 82.7 Å². The molecule has 0 atom stereocenters. The summed E-state index contributed by atoms with van der Waals surface area (Å²) in [5.41, 5.74) is 6.45. The number of hydrogen-bond donors (Lipinski definition) is 0. The van der Waals surface area contributed by atoms with Gasteiger partial charge in [-0.15, -0.1) is 10.2 Å². The number of rotatable bonds is 7. The Morgan fingerprint density at radius 2 is 1.06 bits per heavy atom. The zero-order chi connectivity index (χ0) is 22.5. The quantitative estimate of drug-likeness (QED) is 0.263. The Bertz CT molecular complexity index is 1290. The van der Waals surface area contributed by atoms with Gasteiger partial charge >= 0.3 is 0 Å². The maximum absolute atomic E-state index is 5.93. The molecule has 0 fully saturated rings. The van der Waals surface area contributed by atoms with Gasteiger partial charge in [0.2, 0.25) is 11.8 Å². The Balaban J connectivity index is 1.46. The molecule has 1 aromatic heterocycles. The zero-order valence-electron chi connectivity index (χ0n) is 18.6. The monoisotopic (exact) mass is 431 g/mol. The van der Waals surface area contributed by atoms with Crippen molar-refractivity contribution in [3.63, 3.8) is 0 Å². The van der Waals surface area contributed by atoms with Crippen LogP contribution in [0.25, 0.3) is 22.9 Å². The van der Waals surface area contributed by atoms with Crippen molar-refractivity contribution < 1.29 is 4.42 Å². The first-order valence-corrected chi connectivity index (χ1v) is 11.3. The molecule has 0 saturated carbocycles. The molecule has 5 aromatic rings. The van der Waals surface area contributed by atoms with Gasteiger partial charge in [0, 0.05) is 28.2 Å². The summed E-state index contributed by atoms with van der Waals surface area (Å²) in [4.78, 5) is 2.25. The first-order valence-electron chi connectivity index (χ1n) is 11.3. The Labute approximate surface area is 194 Å². The minimum Gasteiger partial charge on any atom is -0.416 e. The van der Waals surface area contributed by atoms with E-state index in [9.17, 15) is 0 Å². The first-order chi connectivity index (χ1) is 16.3. The van der Waals surface area contributed by atoms with Crippen LogP contribution in [0.1, 0.15) is 18.9 Å². The standard InChI is InChI=1S/C29H25N3O/c1-2-9-22-14-18-26(19-15-22)32(25-12-7-4-8-13-25)27-20-16-24(17-21-27)29-31-30-28(33-29)23-10-5-3-6-11-23/h3-8,10-21H,2,9H2,1H3. The van der Waals surface area contributed by atoms with Gasteiger partial charge in [-0.05, 0) is 72.6 Å². The van der Waals surface area contributed by atoms with Gasteiger partial charge in [0.25, 0.3) is 0 Å². The molecule has 4 aromatic carbocycles. The molecule has 0 saturated heterocycles. The first kappa shape index (κ1) is 20.7. The summed E-state index contributed by atoms with van der Waals surface area (Å²) in [5.74, 6) is 1.03. The van der Waals surface area contributed by atoms with Crippen molar-refractivity contribution in [2.45, 2.75) is 19.8 Å². The minimum atomic E-state index is 0.510. The highest BCUT2D eigenvalue weighted by atomic mass is 16.4. The summed E-state index contributed by atoms with van der Waals surface area (Å²) in [5, 5.41) is 8.46. The van der Waals surface area contributed by atoms with E-state index in [1.165, 1.54) is 5.56 Å². The van der Waals surface area contributed by atoms with Gasteiger partial charge in [-0.3, -0.25) is 0 Å². The largest absolute Gasteiger partial charge is 0.416 e. The van der Waals surface area contributed by atoms with Gasteiger partial charge in [-0.25, -0.2) is 0 Å². The molecule has 0 bridgehead atoms. The molecule has 0 radical (unpaired) electrons. The number of aromatic nitrogens is 2. The van der Waals surface area contributed by atoms with Crippen molar-refractivity contribution in [1.29, 1.82) is 0 Å². The minimum absolute atomic E-state index is 0.510. The van der Waals surface area contributed by atoms with Crippen LogP contribution in [0.4, 0.5) is 17.1 Å². The molecule has 0 aliphatic carbocycles. The van der Waals surface area contributed by atoms with Gasteiger partial charge in [0.1, 0.15) is 0 Å². The van der Waals surface area contributed by atoms with Crippen LogP contribution in [-0.2, 0) is 6.42 Å². The summed E-state index contributed by atoms with van der Waals surface area (Å²) < 4.78 is 5.93. The zero-order valence-corrected chi connectivity index (χ0v) is 18.6. The van der Waals surface area contributed by atoms with E-state index >= 15 is 0 Å². The number of nitrogens with zero attached hydrogens (tertiary/aromatic N) is 3. The molecule has 0 amide bonds. The van der Waals surface area contributed by atoms with Crippen LogP contribution in [0, 0.1) is 0 Å². The summed E-state index contributed by atoms with van der Waals surface area (Å²) in [6.07, 6.45) is 2.24. The average molecular weight is 432 g/mol. The molecule has 33 heavy (non-hydrogen) atoms. The second kappa shape index (κ2) is 9.53. The highest BCUT2D eigenvalue weighted by molar-refractivity contribution is 5.77. The maximum Gasteiger partial charge on any atom is 0.248 e. The fraction of sp³-hybridized carbons (Fsp3) is 0.103. The number of hydrogen-bond acceptors (Lipinski definition) is 4. The fourth-order valence-corrected chi connectivity index (χ4v) is 3.91. The molecule has 4 nitrogen and oxygen atoms in total. The third kappa shape index (κ3) is 4.55. The molecule has 1 heterocycles. The Kier molecular flexibility index (Phi) is 5.98. The lowest BCUT2D eigenvalue weighted by Crippen LogP contribution is -2.09. The third-order valence-corrected chi connectivity index (χ3v) is 5.57. The number of benzene rings is 4. The van der Waals surface area contributed by atoms with E-state index in [1.807, 2.05) is 48.5 Å². The van der Waals surface area contributed by atoms with Crippen LogP contribution < -0.4 is 4.90 Å². The summed E-state index contributed by atoms with van der Waals surface area (Å²) in [6.45, 7) is 2.21. The van der Waals surface area contributed by atoms with Crippen molar-refractivity contribution in [2.24, 2.45) is 0 Å². The van der Waals surface area contributed by atoms with Crippen molar-refractivity contribution in [2.75, 3.05) is 4.90 Å². The number of para-hydroxylation sites is 1. The van der Waals surface area contributed by atoms with Crippen LogP contribution in [0.15, 0.2) is 114 Å². The molecule has 162 valence electrons. The highest BCUT2D eigenvalue weighted by Gasteiger charge is 2.14. The van der Waals surface area contributed by atoms with Crippen LogP contribution in [0.2, 0.25) is 0 Å². The van der Waals surface area contributed by atoms with Gasteiger partial charge < -0.3 is 9.32 Å². The molecule has 0 aliphatic rings. The predicted octanol–water partition coefficient (Wildman–Crippen LogP) is 7.83. The van der Waals surface area contributed by atoms with E-state index in [1.54, 1.807) is 0 Å². The van der Waals surface area contributed by atoms with Gasteiger partial charge in [-0.2, -0.15) is 0 Å². The molecule has 4 heteroatoms. The number of anilines is 3. The predicted molar refractivity (Wildman–Crippen MR) is 134 cm³/mol. The molecular formula is C29H25N3O. The Morgan fingerprint density at radius 3 is 1.64 bits per heavy atom. The Morgan fingerprint density at radius 1 is 0.576 bits per heavy atom. The molecule has 5 rings (SSSR count). The van der Waals surface area contributed by atoms with E-state index in [0.29, 0.717) is 11.8 Å².